The summed E-state index contributed by atoms with van der Waals surface area (Å²) in [4.78, 5) is 7.39. The Morgan fingerprint density at radius 2 is 2.00 bits per heavy atom. The average molecular weight is 431 g/mol. The molecule has 0 spiro atoms. The SMILES string of the molecule is C1=C(c2ccc3ccsc3c2)CCN(CCC(CC2CCCCC2)c2ccccn2)C1. The molecular weight excluding hydrogens is 396 g/mol. The number of hydrogen-bond donors (Lipinski definition) is 0. The van der Waals surface area contributed by atoms with Crippen LogP contribution in [-0.2, 0) is 0 Å². The van der Waals surface area contributed by atoms with Crippen LogP contribution in [-0.4, -0.2) is 29.5 Å². The first-order valence-corrected chi connectivity index (χ1v) is 13.0. The second kappa shape index (κ2) is 10.1. The highest BCUT2D eigenvalue weighted by atomic mass is 32.1. The summed E-state index contributed by atoms with van der Waals surface area (Å²) in [7, 11) is 0. The summed E-state index contributed by atoms with van der Waals surface area (Å²) in [5.74, 6) is 1.51. The summed E-state index contributed by atoms with van der Waals surface area (Å²) in [5, 5.41) is 3.56. The summed E-state index contributed by atoms with van der Waals surface area (Å²) in [6, 6.07) is 15.6. The maximum absolute atomic E-state index is 4.75. The highest BCUT2D eigenvalue weighted by Crippen LogP contribution is 2.35. The lowest BCUT2D eigenvalue weighted by atomic mass is 9.80. The Labute approximate surface area is 191 Å². The van der Waals surface area contributed by atoms with Gasteiger partial charge in [-0.3, -0.25) is 9.88 Å². The molecule has 1 aromatic carbocycles. The van der Waals surface area contributed by atoms with Crippen LogP contribution in [0.5, 0.6) is 0 Å². The van der Waals surface area contributed by atoms with Crippen molar-refractivity contribution in [1.82, 2.24) is 9.88 Å². The molecule has 1 aliphatic heterocycles. The van der Waals surface area contributed by atoms with Crippen molar-refractivity contribution in [2.45, 2.75) is 57.3 Å². The van der Waals surface area contributed by atoms with E-state index in [1.165, 1.54) is 85.0 Å². The van der Waals surface area contributed by atoms with Crippen LogP contribution < -0.4 is 0 Å². The third-order valence-electron chi connectivity index (χ3n) is 7.36. The van der Waals surface area contributed by atoms with Crippen molar-refractivity contribution in [1.29, 1.82) is 0 Å². The number of benzene rings is 1. The maximum Gasteiger partial charge on any atom is 0.0435 e. The number of hydrogen-bond acceptors (Lipinski definition) is 3. The molecule has 1 aliphatic carbocycles. The van der Waals surface area contributed by atoms with Crippen LogP contribution in [0.25, 0.3) is 15.7 Å². The molecule has 2 nitrogen and oxygen atoms in total. The topological polar surface area (TPSA) is 16.1 Å². The molecule has 0 amide bonds. The zero-order chi connectivity index (χ0) is 20.9. The molecule has 3 heterocycles. The van der Waals surface area contributed by atoms with Crippen LogP contribution >= 0.6 is 11.3 Å². The standard InChI is InChI=1S/C28H34N2S/c1-2-6-22(7-3-1)20-26(27-8-4-5-15-29-27)13-18-30-16-11-23(12-17-30)25-10-9-24-14-19-31-28(24)21-25/h4-5,8-11,14-15,19,21-22,26H,1-3,6-7,12-13,16-18,20H2. The van der Waals surface area contributed by atoms with Crippen molar-refractivity contribution in [3.05, 3.63) is 71.4 Å². The number of fused-ring (bicyclic) bond motifs is 1. The molecule has 0 radical (unpaired) electrons. The van der Waals surface area contributed by atoms with Gasteiger partial charge in [0.15, 0.2) is 0 Å². The molecule has 3 aromatic rings. The molecule has 2 aromatic heterocycles. The van der Waals surface area contributed by atoms with Gasteiger partial charge in [0.2, 0.25) is 0 Å². The van der Waals surface area contributed by atoms with Crippen molar-refractivity contribution < 1.29 is 0 Å². The molecule has 0 N–H and O–H groups in total. The van der Waals surface area contributed by atoms with E-state index in [0.29, 0.717) is 5.92 Å². The maximum atomic E-state index is 4.75. The van der Waals surface area contributed by atoms with E-state index in [9.17, 15) is 0 Å². The average Bonchev–Trinajstić information content (AvgIpc) is 3.31. The molecule has 1 saturated carbocycles. The van der Waals surface area contributed by atoms with E-state index in [0.717, 1.165) is 18.9 Å². The van der Waals surface area contributed by atoms with Gasteiger partial charge in [-0.2, -0.15) is 0 Å². The van der Waals surface area contributed by atoms with E-state index in [-0.39, 0.29) is 0 Å². The Balaban J connectivity index is 1.20. The van der Waals surface area contributed by atoms with Crippen LogP contribution in [0.1, 0.15) is 68.5 Å². The van der Waals surface area contributed by atoms with E-state index in [1.54, 1.807) is 0 Å². The second-order valence-corrected chi connectivity index (χ2v) is 10.4. The van der Waals surface area contributed by atoms with Crippen molar-refractivity contribution in [2.75, 3.05) is 19.6 Å². The fourth-order valence-corrected chi connectivity index (χ4v) is 6.33. The monoisotopic (exact) mass is 430 g/mol. The Morgan fingerprint density at radius 1 is 1.06 bits per heavy atom. The highest BCUT2D eigenvalue weighted by molar-refractivity contribution is 7.17. The minimum atomic E-state index is 0.607. The normalized spacial score (nSPS) is 19.4. The third kappa shape index (κ3) is 5.27. The van der Waals surface area contributed by atoms with Gasteiger partial charge >= 0.3 is 0 Å². The van der Waals surface area contributed by atoms with Gasteiger partial charge in [-0.25, -0.2) is 0 Å². The zero-order valence-corrected chi connectivity index (χ0v) is 19.3. The Bertz CT molecular complexity index is 1000. The summed E-state index contributed by atoms with van der Waals surface area (Å²) in [5.41, 5.74) is 4.25. The number of aromatic nitrogens is 1. The number of thiophene rings is 1. The summed E-state index contributed by atoms with van der Waals surface area (Å²) >= 11 is 1.85. The Kier molecular flexibility index (Phi) is 6.81. The Hall–Kier alpha value is -1.97. The first kappa shape index (κ1) is 20.9. The van der Waals surface area contributed by atoms with E-state index < -0.39 is 0 Å². The van der Waals surface area contributed by atoms with Crippen LogP contribution in [0.2, 0.25) is 0 Å². The molecule has 31 heavy (non-hydrogen) atoms. The van der Waals surface area contributed by atoms with Gasteiger partial charge in [0.05, 0.1) is 0 Å². The van der Waals surface area contributed by atoms with Crippen molar-refractivity contribution in [2.24, 2.45) is 5.92 Å². The molecule has 162 valence electrons. The third-order valence-corrected chi connectivity index (χ3v) is 8.24. The summed E-state index contributed by atoms with van der Waals surface area (Å²) in [6.45, 7) is 3.44. The fraction of sp³-hybridized carbons (Fsp3) is 0.464. The summed E-state index contributed by atoms with van der Waals surface area (Å²) < 4.78 is 1.40. The van der Waals surface area contributed by atoms with Crippen molar-refractivity contribution >= 4 is 27.0 Å². The van der Waals surface area contributed by atoms with Gasteiger partial charge in [0, 0.05) is 35.6 Å². The van der Waals surface area contributed by atoms with Gasteiger partial charge in [-0.1, -0.05) is 56.4 Å². The molecule has 1 fully saturated rings. The van der Waals surface area contributed by atoms with Gasteiger partial charge in [0.1, 0.15) is 0 Å². The quantitative estimate of drug-likeness (QED) is 0.385. The first-order valence-electron chi connectivity index (χ1n) is 12.1. The largest absolute Gasteiger partial charge is 0.299 e. The lowest BCUT2D eigenvalue weighted by molar-refractivity contribution is 0.263. The predicted molar refractivity (Wildman–Crippen MR) is 134 cm³/mol. The molecule has 1 unspecified atom stereocenters. The number of rotatable bonds is 7. The van der Waals surface area contributed by atoms with Crippen molar-refractivity contribution in [3.63, 3.8) is 0 Å². The predicted octanol–water partition coefficient (Wildman–Crippen LogP) is 7.53. The minimum absolute atomic E-state index is 0.607. The minimum Gasteiger partial charge on any atom is -0.299 e. The smallest absolute Gasteiger partial charge is 0.0435 e. The lowest BCUT2D eigenvalue weighted by Gasteiger charge is -2.30. The first-order chi connectivity index (χ1) is 15.3. The number of nitrogens with zero attached hydrogens (tertiary/aromatic N) is 2. The van der Waals surface area contributed by atoms with E-state index >= 15 is 0 Å². The van der Waals surface area contributed by atoms with Crippen LogP contribution in [0, 0.1) is 5.92 Å². The van der Waals surface area contributed by atoms with Gasteiger partial charge < -0.3 is 0 Å². The molecule has 2 aliphatic rings. The summed E-state index contributed by atoms with van der Waals surface area (Å²) in [6.07, 6.45) is 15.3. The molecule has 0 bridgehead atoms. The van der Waals surface area contributed by atoms with Crippen LogP contribution in [0.3, 0.4) is 0 Å². The van der Waals surface area contributed by atoms with Gasteiger partial charge in [-0.15, -0.1) is 11.3 Å². The fourth-order valence-electron chi connectivity index (χ4n) is 5.50. The van der Waals surface area contributed by atoms with Gasteiger partial charge in [0.25, 0.3) is 0 Å². The molecule has 1 atom stereocenters. The highest BCUT2D eigenvalue weighted by Gasteiger charge is 2.22. The van der Waals surface area contributed by atoms with Crippen molar-refractivity contribution in [3.8, 4) is 0 Å². The number of pyridine rings is 1. The molecular formula is C28H34N2S. The van der Waals surface area contributed by atoms with Gasteiger partial charge in [-0.05, 0) is 77.9 Å². The van der Waals surface area contributed by atoms with Crippen LogP contribution in [0.4, 0.5) is 0 Å². The van der Waals surface area contributed by atoms with Crippen LogP contribution in [0.15, 0.2) is 60.1 Å². The second-order valence-electron chi connectivity index (χ2n) is 9.43. The van der Waals surface area contributed by atoms with E-state index in [4.69, 9.17) is 4.98 Å². The molecule has 3 heteroatoms. The van der Waals surface area contributed by atoms with E-state index in [2.05, 4.69) is 52.8 Å². The molecule has 0 saturated heterocycles. The Morgan fingerprint density at radius 3 is 2.81 bits per heavy atom. The van der Waals surface area contributed by atoms with E-state index in [1.807, 2.05) is 23.6 Å². The molecule has 5 rings (SSSR count). The zero-order valence-electron chi connectivity index (χ0n) is 18.5. The lowest BCUT2D eigenvalue weighted by Crippen LogP contribution is -2.30.